The van der Waals surface area contributed by atoms with Crippen molar-refractivity contribution in [2.24, 2.45) is 0 Å². The molecule has 1 N–H and O–H groups in total. The molecule has 0 unspecified atom stereocenters. The van der Waals surface area contributed by atoms with Gasteiger partial charge in [0.05, 0.1) is 17.9 Å². The molecule has 3 heterocycles. The zero-order valence-electron chi connectivity index (χ0n) is 15.9. The summed E-state index contributed by atoms with van der Waals surface area (Å²) >= 11 is 0. The van der Waals surface area contributed by atoms with Crippen molar-refractivity contribution in [3.05, 3.63) is 34.5 Å². The highest BCUT2D eigenvalue weighted by molar-refractivity contribution is 5.51. The average Bonchev–Trinajstić information content (AvgIpc) is 3.15. The third-order valence-electron chi connectivity index (χ3n) is 5.24. The molecule has 0 fully saturated rings. The number of rotatable bonds is 4. The van der Waals surface area contributed by atoms with Gasteiger partial charge in [0.25, 0.3) is 0 Å². The van der Waals surface area contributed by atoms with E-state index in [2.05, 4.69) is 25.7 Å². The molecule has 0 aromatic carbocycles. The van der Waals surface area contributed by atoms with Gasteiger partial charge >= 0.3 is 0 Å². The number of likely N-dealkylation sites (N-methyl/N-ethyl adjacent to an activating group) is 1. The van der Waals surface area contributed by atoms with Crippen LogP contribution in [0.25, 0.3) is 0 Å². The number of aromatic nitrogens is 4. The molecule has 7 nitrogen and oxygen atoms in total. The quantitative estimate of drug-likeness (QED) is 0.895. The molecule has 2 aliphatic rings. The summed E-state index contributed by atoms with van der Waals surface area (Å²) in [6, 6.07) is 2.06. The Hall–Kier alpha value is -1.99. The van der Waals surface area contributed by atoms with Gasteiger partial charge in [-0.3, -0.25) is 4.68 Å². The number of fused-ring (bicyclic) bond motifs is 2. The lowest BCUT2D eigenvalue weighted by Crippen LogP contribution is -2.25. The van der Waals surface area contributed by atoms with E-state index in [1.807, 2.05) is 25.9 Å². The van der Waals surface area contributed by atoms with Gasteiger partial charge in [-0.05, 0) is 52.8 Å². The topological polar surface area (TPSA) is 70.3 Å². The fourth-order valence-electron chi connectivity index (χ4n) is 4.06. The largest absolute Gasteiger partial charge is 0.385 e. The van der Waals surface area contributed by atoms with Crippen LogP contribution in [0.2, 0.25) is 0 Å². The maximum Gasteiger partial charge on any atom is 0.136 e. The summed E-state index contributed by atoms with van der Waals surface area (Å²) in [5.41, 5.74) is 4.47. The van der Waals surface area contributed by atoms with Crippen LogP contribution in [-0.4, -0.2) is 56.9 Å². The Morgan fingerprint density at radius 1 is 1.19 bits per heavy atom. The molecule has 0 saturated carbocycles. The molecule has 0 spiro atoms. The molecule has 0 bridgehead atoms. The van der Waals surface area contributed by atoms with E-state index in [0.29, 0.717) is 6.54 Å². The lowest BCUT2D eigenvalue weighted by molar-refractivity contribution is 0.133. The SMILES string of the molecule is Cc1nc2c(c(N3CCCn4nc([C@@H](O)CN(C)C)cc4C3)n1)CCC2. The molecular weight excluding hydrogens is 328 g/mol. The second kappa shape index (κ2) is 6.96. The Morgan fingerprint density at radius 2 is 2.04 bits per heavy atom. The van der Waals surface area contributed by atoms with Gasteiger partial charge in [0.15, 0.2) is 0 Å². The van der Waals surface area contributed by atoms with Crippen molar-refractivity contribution in [2.75, 3.05) is 32.1 Å². The molecule has 1 atom stereocenters. The predicted octanol–water partition coefficient (Wildman–Crippen LogP) is 1.48. The molecule has 0 radical (unpaired) electrons. The zero-order chi connectivity index (χ0) is 18.3. The van der Waals surface area contributed by atoms with Crippen LogP contribution < -0.4 is 4.90 Å². The molecule has 1 aliphatic heterocycles. The first-order chi connectivity index (χ1) is 12.5. The first kappa shape index (κ1) is 17.4. The van der Waals surface area contributed by atoms with E-state index in [4.69, 9.17) is 4.98 Å². The molecule has 2 aromatic rings. The maximum atomic E-state index is 10.4. The number of aliphatic hydroxyl groups excluding tert-OH is 1. The van der Waals surface area contributed by atoms with Crippen molar-refractivity contribution in [2.45, 2.75) is 51.8 Å². The third kappa shape index (κ3) is 3.33. The summed E-state index contributed by atoms with van der Waals surface area (Å²) in [5, 5.41) is 15.1. The zero-order valence-corrected chi connectivity index (χ0v) is 15.9. The highest BCUT2D eigenvalue weighted by Gasteiger charge is 2.25. The lowest BCUT2D eigenvalue weighted by atomic mass is 10.2. The number of hydrogen-bond acceptors (Lipinski definition) is 6. The molecule has 0 saturated heterocycles. The van der Waals surface area contributed by atoms with Gasteiger partial charge in [-0.1, -0.05) is 0 Å². The summed E-state index contributed by atoms with van der Waals surface area (Å²) in [4.78, 5) is 13.8. The van der Waals surface area contributed by atoms with E-state index >= 15 is 0 Å². The predicted molar refractivity (Wildman–Crippen MR) is 100 cm³/mol. The van der Waals surface area contributed by atoms with E-state index in [9.17, 15) is 5.11 Å². The fourth-order valence-corrected chi connectivity index (χ4v) is 4.06. The Balaban J connectivity index is 1.62. The fraction of sp³-hybridized carbons (Fsp3) is 0.632. The van der Waals surface area contributed by atoms with Gasteiger partial charge in [-0.25, -0.2) is 9.97 Å². The molecular formula is C19H28N6O. The molecule has 4 rings (SSSR count). The van der Waals surface area contributed by atoms with Crippen LogP contribution >= 0.6 is 0 Å². The van der Waals surface area contributed by atoms with E-state index < -0.39 is 6.10 Å². The van der Waals surface area contributed by atoms with Gasteiger partial charge in [0.2, 0.25) is 0 Å². The summed E-state index contributed by atoms with van der Waals surface area (Å²) in [6.45, 7) is 5.21. The van der Waals surface area contributed by atoms with Crippen molar-refractivity contribution in [1.29, 1.82) is 0 Å². The maximum absolute atomic E-state index is 10.4. The van der Waals surface area contributed by atoms with Crippen LogP contribution in [0.1, 0.15) is 47.4 Å². The second-order valence-corrected chi connectivity index (χ2v) is 7.71. The van der Waals surface area contributed by atoms with E-state index in [-0.39, 0.29) is 0 Å². The average molecular weight is 356 g/mol. The van der Waals surface area contributed by atoms with Crippen molar-refractivity contribution in [3.8, 4) is 0 Å². The number of aryl methyl sites for hydroxylation is 3. The van der Waals surface area contributed by atoms with E-state index in [1.54, 1.807) is 0 Å². The second-order valence-electron chi connectivity index (χ2n) is 7.71. The monoisotopic (exact) mass is 356 g/mol. The first-order valence-corrected chi connectivity index (χ1v) is 9.52. The van der Waals surface area contributed by atoms with Crippen LogP contribution in [0.5, 0.6) is 0 Å². The van der Waals surface area contributed by atoms with Crippen LogP contribution in [0.15, 0.2) is 6.07 Å². The summed E-state index contributed by atoms with van der Waals surface area (Å²) < 4.78 is 2.06. The summed E-state index contributed by atoms with van der Waals surface area (Å²) in [7, 11) is 3.92. The first-order valence-electron chi connectivity index (χ1n) is 9.52. The summed E-state index contributed by atoms with van der Waals surface area (Å²) in [5.74, 6) is 1.97. The number of nitrogens with zero attached hydrogens (tertiary/aromatic N) is 6. The van der Waals surface area contributed by atoms with Crippen molar-refractivity contribution in [3.63, 3.8) is 0 Å². The van der Waals surface area contributed by atoms with Crippen molar-refractivity contribution in [1.82, 2.24) is 24.6 Å². The van der Waals surface area contributed by atoms with E-state index in [0.717, 1.165) is 61.9 Å². The molecule has 1 aliphatic carbocycles. The standard InChI is InChI=1S/C19H28N6O/c1-13-20-16-7-4-6-15(16)19(21-13)24-8-5-9-25-14(11-24)10-17(22-25)18(26)12-23(2)3/h10,18,26H,4-9,11-12H2,1-3H3/t18-/m0/s1. The van der Waals surface area contributed by atoms with Crippen LogP contribution in [0.3, 0.4) is 0 Å². The van der Waals surface area contributed by atoms with Crippen molar-refractivity contribution < 1.29 is 5.11 Å². The lowest BCUT2D eigenvalue weighted by Gasteiger charge is -2.24. The third-order valence-corrected chi connectivity index (χ3v) is 5.24. The number of aliphatic hydroxyl groups is 1. The number of hydrogen-bond donors (Lipinski definition) is 1. The van der Waals surface area contributed by atoms with Gasteiger partial charge in [0, 0.05) is 30.9 Å². The van der Waals surface area contributed by atoms with Crippen molar-refractivity contribution >= 4 is 5.82 Å². The molecule has 0 amide bonds. The minimum absolute atomic E-state index is 0.552. The minimum Gasteiger partial charge on any atom is -0.385 e. The Morgan fingerprint density at radius 3 is 2.85 bits per heavy atom. The minimum atomic E-state index is -0.552. The van der Waals surface area contributed by atoms with Crippen LogP contribution in [0.4, 0.5) is 5.82 Å². The van der Waals surface area contributed by atoms with Gasteiger partial charge in [-0.15, -0.1) is 0 Å². The molecule has 26 heavy (non-hydrogen) atoms. The Labute approximate surface area is 154 Å². The highest BCUT2D eigenvalue weighted by atomic mass is 16.3. The molecule has 140 valence electrons. The van der Waals surface area contributed by atoms with Gasteiger partial charge in [-0.2, -0.15) is 5.10 Å². The van der Waals surface area contributed by atoms with Crippen LogP contribution in [0, 0.1) is 6.92 Å². The Bertz CT molecular complexity index is 800. The Kier molecular flexibility index (Phi) is 4.67. The van der Waals surface area contributed by atoms with Gasteiger partial charge in [0.1, 0.15) is 17.7 Å². The summed E-state index contributed by atoms with van der Waals surface area (Å²) in [6.07, 6.45) is 3.79. The highest BCUT2D eigenvalue weighted by Crippen LogP contribution is 2.31. The normalized spacial score (nSPS) is 18.0. The van der Waals surface area contributed by atoms with Crippen LogP contribution in [-0.2, 0) is 25.9 Å². The van der Waals surface area contributed by atoms with Gasteiger partial charge < -0.3 is 14.9 Å². The molecule has 7 heteroatoms. The van der Waals surface area contributed by atoms with E-state index in [1.165, 1.54) is 17.7 Å². The smallest absolute Gasteiger partial charge is 0.136 e. The molecule has 2 aromatic heterocycles. The number of anilines is 1.